The van der Waals surface area contributed by atoms with Crippen LogP contribution in [0, 0.1) is 0 Å². The Kier molecular flexibility index (Phi) is 12.3. The molecule has 1 saturated heterocycles. The van der Waals surface area contributed by atoms with E-state index in [4.69, 9.17) is 23.7 Å². The molecule has 0 spiro atoms. The summed E-state index contributed by atoms with van der Waals surface area (Å²) in [5, 5.41) is 11.7. The van der Waals surface area contributed by atoms with Crippen molar-refractivity contribution >= 4 is 16.7 Å². The highest BCUT2D eigenvalue weighted by Crippen LogP contribution is 2.41. The number of carboxylic acid groups (broad SMARTS) is 1. The fourth-order valence-corrected chi connectivity index (χ4v) is 6.96. The Morgan fingerprint density at radius 1 is 0.528 bits per heavy atom. The number of rotatable bonds is 16. The Hall–Kier alpha value is -5.15. The van der Waals surface area contributed by atoms with Crippen LogP contribution in [0.2, 0.25) is 0 Å². The predicted octanol–water partition coefficient (Wildman–Crippen LogP) is 8.88. The van der Waals surface area contributed by atoms with Crippen molar-refractivity contribution in [2.75, 3.05) is 6.61 Å². The molecule has 0 aromatic heterocycles. The van der Waals surface area contributed by atoms with E-state index in [1.165, 1.54) is 0 Å². The Bertz CT molecular complexity index is 2020. The SMILES string of the molecule is O=C(O)Cc1cc(C2OC(COCc3ccccc3)C(OCc3ccccc3)C(OCc3ccccc3)C2OCc2ccccc2)c2ccccc2c1. The normalized spacial score (nSPS) is 20.0. The predicted molar refractivity (Wildman–Crippen MR) is 204 cm³/mol. The lowest BCUT2D eigenvalue weighted by Gasteiger charge is -2.46. The maximum absolute atomic E-state index is 12.0. The van der Waals surface area contributed by atoms with E-state index >= 15 is 0 Å². The zero-order chi connectivity index (χ0) is 36.2. The van der Waals surface area contributed by atoms with Gasteiger partial charge in [-0.25, -0.2) is 0 Å². The van der Waals surface area contributed by atoms with E-state index < -0.39 is 36.5 Å². The summed E-state index contributed by atoms with van der Waals surface area (Å²) in [5.74, 6) is -0.904. The number of carbonyl (C=O) groups is 1. The number of benzene rings is 6. The second-order valence-electron chi connectivity index (χ2n) is 13.4. The average Bonchev–Trinajstić information content (AvgIpc) is 3.20. The zero-order valence-electron chi connectivity index (χ0n) is 29.5. The average molecular weight is 709 g/mol. The first-order chi connectivity index (χ1) is 26.1. The summed E-state index contributed by atoms with van der Waals surface area (Å²) in [7, 11) is 0. The number of hydrogen-bond donors (Lipinski definition) is 1. The summed E-state index contributed by atoms with van der Waals surface area (Å²) in [4.78, 5) is 12.0. The molecule has 53 heavy (non-hydrogen) atoms. The minimum absolute atomic E-state index is 0.125. The van der Waals surface area contributed by atoms with Crippen LogP contribution in [-0.4, -0.2) is 42.1 Å². The fourth-order valence-electron chi connectivity index (χ4n) is 6.96. The first-order valence-electron chi connectivity index (χ1n) is 18.1. The standard InChI is InChI=1S/C46H44O7/c47-42(48)27-37-25-38-23-13-14-24-39(38)40(26-37)43-45(51-30-35-19-9-3-10-20-35)46(52-31-36-21-11-4-12-22-36)44(50-29-34-17-7-2-8-18-34)41(53-43)32-49-28-33-15-5-1-6-16-33/h1-26,41,43-46H,27-32H2,(H,47,48). The molecule has 0 aliphatic carbocycles. The van der Waals surface area contributed by atoms with Crippen molar-refractivity contribution in [1.82, 2.24) is 0 Å². The third-order valence-electron chi connectivity index (χ3n) is 9.50. The lowest BCUT2D eigenvalue weighted by atomic mass is 9.87. The molecule has 1 aliphatic rings. The minimum Gasteiger partial charge on any atom is -0.481 e. The van der Waals surface area contributed by atoms with Gasteiger partial charge in [0, 0.05) is 0 Å². The molecule has 0 bridgehead atoms. The van der Waals surface area contributed by atoms with E-state index in [1.807, 2.05) is 158 Å². The van der Waals surface area contributed by atoms with Crippen LogP contribution in [0.25, 0.3) is 10.8 Å². The first kappa shape index (κ1) is 36.2. The fraction of sp³-hybridized carbons (Fsp3) is 0.239. The van der Waals surface area contributed by atoms with Gasteiger partial charge in [-0.15, -0.1) is 0 Å². The van der Waals surface area contributed by atoms with Gasteiger partial charge in [-0.05, 0) is 44.2 Å². The molecular weight excluding hydrogens is 664 g/mol. The molecule has 1 heterocycles. The van der Waals surface area contributed by atoms with Crippen molar-refractivity contribution in [2.45, 2.75) is 63.4 Å². The van der Waals surface area contributed by atoms with Crippen molar-refractivity contribution in [1.29, 1.82) is 0 Å². The molecule has 0 saturated carbocycles. The van der Waals surface area contributed by atoms with Gasteiger partial charge in [0.25, 0.3) is 0 Å². The van der Waals surface area contributed by atoms with E-state index in [0.717, 1.165) is 38.6 Å². The number of aliphatic carboxylic acids is 1. The van der Waals surface area contributed by atoms with Crippen LogP contribution in [0.5, 0.6) is 0 Å². The van der Waals surface area contributed by atoms with Crippen LogP contribution < -0.4 is 0 Å². The smallest absolute Gasteiger partial charge is 0.307 e. The summed E-state index contributed by atoms with van der Waals surface area (Å²) in [5.41, 5.74) is 5.61. The quantitative estimate of drug-likeness (QED) is 0.108. The van der Waals surface area contributed by atoms with E-state index in [1.54, 1.807) is 0 Å². The van der Waals surface area contributed by atoms with Crippen molar-refractivity contribution in [3.63, 3.8) is 0 Å². The highest BCUT2D eigenvalue weighted by molar-refractivity contribution is 5.88. The second-order valence-corrected chi connectivity index (χ2v) is 13.4. The largest absolute Gasteiger partial charge is 0.481 e. The van der Waals surface area contributed by atoms with Crippen LogP contribution in [-0.2, 0) is 61.3 Å². The van der Waals surface area contributed by atoms with Crippen LogP contribution in [0.3, 0.4) is 0 Å². The van der Waals surface area contributed by atoms with Gasteiger partial charge < -0.3 is 28.8 Å². The summed E-state index contributed by atoms with van der Waals surface area (Å²) in [6, 6.07) is 52.1. The van der Waals surface area contributed by atoms with E-state index in [0.29, 0.717) is 32.0 Å². The van der Waals surface area contributed by atoms with Crippen molar-refractivity contribution in [3.05, 3.63) is 191 Å². The highest BCUT2D eigenvalue weighted by atomic mass is 16.6. The Balaban J connectivity index is 1.31. The number of hydrogen-bond acceptors (Lipinski definition) is 6. The van der Waals surface area contributed by atoms with Crippen molar-refractivity contribution < 1.29 is 33.6 Å². The molecule has 1 aliphatic heterocycles. The summed E-state index contributed by atoms with van der Waals surface area (Å²) < 4.78 is 34.2. The lowest BCUT2D eigenvalue weighted by Crippen LogP contribution is -2.58. The lowest BCUT2D eigenvalue weighted by molar-refractivity contribution is -0.274. The van der Waals surface area contributed by atoms with Gasteiger partial charge in [-0.1, -0.05) is 158 Å². The van der Waals surface area contributed by atoms with Crippen molar-refractivity contribution in [3.8, 4) is 0 Å². The number of carboxylic acids is 1. The monoisotopic (exact) mass is 708 g/mol. The van der Waals surface area contributed by atoms with Crippen LogP contribution in [0.4, 0.5) is 0 Å². The molecule has 0 radical (unpaired) electrons. The van der Waals surface area contributed by atoms with Gasteiger partial charge in [0.1, 0.15) is 30.5 Å². The molecule has 0 amide bonds. The van der Waals surface area contributed by atoms with Gasteiger partial charge >= 0.3 is 5.97 Å². The van der Waals surface area contributed by atoms with Gasteiger partial charge in [0.05, 0.1) is 39.5 Å². The third kappa shape index (κ3) is 9.64. The van der Waals surface area contributed by atoms with Gasteiger partial charge in [0.2, 0.25) is 0 Å². The van der Waals surface area contributed by atoms with Crippen LogP contribution in [0.15, 0.2) is 158 Å². The molecule has 7 heteroatoms. The molecular formula is C46H44O7. The molecule has 1 fully saturated rings. The summed E-state index contributed by atoms with van der Waals surface area (Å²) in [6.45, 7) is 1.60. The van der Waals surface area contributed by atoms with Crippen LogP contribution in [0.1, 0.15) is 39.5 Å². The molecule has 7 nitrogen and oxygen atoms in total. The maximum Gasteiger partial charge on any atom is 0.307 e. The Morgan fingerprint density at radius 2 is 1.00 bits per heavy atom. The summed E-state index contributed by atoms with van der Waals surface area (Å²) in [6.07, 6.45) is -3.17. The van der Waals surface area contributed by atoms with E-state index in [2.05, 4.69) is 0 Å². The van der Waals surface area contributed by atoms with E-state index in [9.17, 15) is 9.90 Å². The van der Waals surface area contributed by atoms with Gasteiger partial charge in [0.15, 0.2) is 0 Å². The Morgan fingerprint density at radius 3 is 1.55 bits per heavy atom. The number of fused-ring (bicyclic) bond motifs is 1. The minimum atomic E-state index is -0.904. The summed E-state index contributed by atoms with van der Waals surface area (Å²) >= 11 is 0. The highest BCUT2D eigenvalue weighted by Gasteiger charge is 2.49. The molecule has 6 aromatic carbocycles. The maximum atomic E-state index is 12.0. The van der Waals surface area contributed by atoms with Crippen LogP contribution >= 0.6 is 0 Å². The van der Waals surface area contributed by atoms with Gasteiger partial charge in [-0.2, -0.15) is 0 Å². The molecule has 7 rings (SSSR count). The van der Waals surface area contributed by atoms with Gasteiger partial charge in [-0.3, -0.25) is 4.79 Å². The zero-order valence-corrected chi connectivity index (χ0v) is 29.5. The molecule has 5 unspecified atom stereocenters. The third-order valence-corrected chi connectivity index (χ3v) is 9.50. The molecule has 1 N–H and O–H groups in total. The molecule has 6 aromatic rings. The first-order valence-corrected chi connectivity index (χ1v) is 18.1. The Labute approximate surface area is 310 Å². The topological polar surface area (TPSA) is 83.5 Å². The number of ether oxygens (including phenoxy) is 5. The molecule has 270 valence electrons. The van der Waals surface area contributed by atoms with Crippen molar-refractivity contribution in [2.24, 2.45) is 0 Å². The second kappa shape index (κ2) is 18.1. The van der Waals surface area contributed by atoms with E-state index in [-0.39, 0.29) is 13.0 Å². The molecule has 5 atom stereocenters.